The summed E-state index contributed by atoms with van der Waals surface area (Å²) in [5.74, 6) is 0. The third-order valence-electron chi connectivity index (χ3n) is 7.44. The molecule has 35 heteroatoms. The molecule has 0 aliphatic carbocycles. The number of hydrogen-bond donors (Lipinski definition) is 9. The zero-order valence-electron chi connectivity index (χ0n) is 37.5. The first-order valence-corrected chi connectivity index (χ1v) is 30.4. The van der Waals surface area contributed by atoms with Crippen molar-refractivity contribution >= 4 is 209 Å². The van der Waals surface area contributed by atoms with Crippen LogP contribution >= 0.6 is 107 Å². The van der Waals surface area contributed by atoms with E-state index in [4.69, 9.17) is 82.9 Å². The molecule has 1 heterocycles. The predicted molar refractivity (Wildman–Crippen MR) is 303 cm³/mol. The quantitative estimate of drug-likeness (QED) is 0.0220. The van der Waals surface area contributed by atoms with Crippen LogP contribution in [0.3, 0.4) is 0 Å². The molecule has 0 radical (unpaired) electrons. The normalized spacial score (nSPS) is 8.67. The Hall–Kier alpha value is -2.41. The van der Waals surface area contributed by atoms with Crippen LogP contribution in [0.1, 0.15) is 10.4 Å². The molecule has 22 nitrogen and oxygen atoms in total. The number of para-hydroxylation sites is 4. The number of halogens is 5. The Kier molecular flexibility index (Phi) is 53.0. The first kappa shape index (κ1) is 84.5. The molecular weight excluding hydrogens is 1170 g/mol. The average molecular weight is 1220 g/mol. The van der Waals surface area contributed by atoms with Crippen LogP contribution in [0.5, 0.6) is 0 Å². The zero-order chi connectivity index (χ0) is 50.1. The first-order chi connectivity index (χ1) is 31.3. The molecule has 0 atom stereocenters. The van der Waals surface area contributed by atoms with Gasteiger partial charge in [-0.1, -0.05) is 131 Å². The summed E-state index contributed by atoms with van der Waals surface area (Å²) >= 11 is 40.4. The van der Waals surface area contributed by atoms with Gasteiger partial charge in [-0.25, -0.2) is 4.98 Å². The van der Waals surface area contributed by atoms with Gasteiger partial charge in [-0.2, -0.15) is 0 Å². The Bertz CT molecular complexity index is 2570. The molecule has 73 heavy (non-hydrogen) atoms. The van der Waals surface area contributed by atoms with Crippen LogP contribution in [0.4, 0.5) is 17.1 Å². The third kappa shape index (κ3) is 29.6. The Morgan fingerprint density at radius 3 is 1.37 bits per heavy atom. The molecule has 6 aromatic carbocycles. The molecule has 0 aliphatic heterocycles. The van der Waals surface area contributed by atoms with Crippen LogP contribution in [0, 0.1) is 20.2 Å². The van der Waals surface area contributed by atoms with Gasteiger partial charge in [0.25, 0.3) is 0 Å². The number of nitrogen functional groups attached to an aromatic ring is 1. The van der Waals surface area contributed by atoms with Crippen molar-refractivity contribution < 1.29 is 82.2 Å². The van der Waals surface area contributed by atoms with E-state index in [9.17, 15) is 35.1 Å². The summed E-state index contributed by atoms with van der Waals surface area (Å²) < 4.78 is 15.1. The van der Waals surface area contributed by atoms with Gasteiger partial charge in [-0.05, 0) is 59.5 Å². The molecule has 0 spiro atoms. The number of benzene rings is 6. The van der Waals surface area contributed by atoms with Crippen molar-refractivity contribution in [3.05, 3.63) is 172 Å². The van der Waals surface area contributed by atoms with Crippen LogP contribution < -0.4 is 16.7 Å². The van der Waals surface area contributed by atoms with E-state index < -0.39 is 24.1 Å². The van der Waals surface area contributed by atoms with E-state index in [0.29, 0.717) is 38.5 Å². The van der Waals surface area contributed by atoms with Gasteiger partial charge < -0.3 is 73.3 Å². The summed E-state index contributed by atoms with van der Waals surface area (Å²) in [7, 11) is -2.98. The topological polar surface area (TPSA) is 484 Å². The number of aromatic nitrogens is 1. The van der Waals surface area contributed by atoms with E-state index in [1.165, 1.54) is 91.4 Å². The van der Waals surface area contributed by atoms with Gasteiger partial charge in [0.15, 0.2) is 12.3 Å². The number of thiol groups is 2. The van der Waals surface area contributed by atoms with Crippen LogP contribution in [-0.4, -0.2) is 147 Å². The number of aldehydes is 1. The van der Waals surface area contributed by atoms with E-state index in [1.54, 1.807) is 66.7 Å². The summed E-state index contributed by atoms with van der Waals surface area (Å²) in [6.45, 7) is 0. The standard InChI is InChI=1S/C13H9BClNO2S.C7H7BO3.C6H3Cl2NO2.C6H4ClNO2S.C6H6ClNS.2Na.H2O2S.7H2O/c15-10-5-2-6-11-12(10)16-13(19-11)8-3-1-4-9(7-8)14(17)18;9-5-6-2-1-3-7(4-6)8(10)11;7-4-2-1-3-5(8)6(4)9(10)11;7-4-2-1-3-5(11)6(4)8(9)10;7-4-2-1-3-5(9)6(4)8;;;1-3-2;;;;;;;/h1-7,17-18H;1-5,10-11H;1-3H;1-3,11H;1-3,9H,8H2;;;1-2H;7*1H2. The number of anilines is 1. The summed E-state index contributed by atoms with van der Waals surface area (Å²) in [6, 6.07) is 33.2. The molecule has 0 aliphatic rings. The zero-order valence-corrected chi connectivity index (χ0v) is 48.7. The fourth-order valence-electron chi connectivity index (χ4n) is 4.54. The minimum atomic E-state index is -1.50. The summed E-state index contributed by atoms with van der Waals surface area (Å²) in [5, 5.41) is 58.6. The number of rotatable bonds is 6. The van der Waals surface area contributed by atoms with Gasteiger partial charge in [0, 0.05) is 16.0 Å². The van der Waals surface area contributed by atoms with Crippen molar-refractivity contribution in [2.75, 3.05) is 5.73 Å². The van der Waals surface area contributed by atoms with Crippen LogP contribution in [0.15, 0.2) is 131 Å². The molecule has 0 bridgehead atoms. The number of carbonyl (C=O) groups is 1. The van der Waals surface area contributed by atoms with Gasteiger partial charge in [-0.15, -0.1) is 36.6 Å². The van der Waals surface area contributed by atoms with Gasteiger partial charge in [0.2, 0.25) is 0 Å². The minimum absolute atomic E-state index is 0. The number of fused-ring (bicyclic) bond motifs is 1. The Balaban J connectivity index is -0.000000146. The SMILES string of the molecule is Nc1c(S)cccc1Cl.O.O.O.O.O.O.O.O=Cc1cccc(B(O)O)c1.O=[N+]([O-])c1c(Cl)cccc1Cl.O=[N+]([O-])c1c(S)cccc1Cl.OB(O)c1cccc(-c2nc3c(Cl)cccc3s2)c1.OSO.[Na][Na]. The maximum absolute atomic E-state index is 10.3. The average Bonchev–Trinajstić information content (AvgIpc) is 3.73. The van der Waals surface area contributed by atoms with Crippen LogP contribution in [0.2, 0.25) is 25.1 Å². The van der Waals surface area contributed by atoms with Crippen molar-refractivity contribution in [3.63, 3.8) is 0 Å². The molecule has 0 unspecified atom stereocenters. The molecule has 392 valence electrons. The van der Waals surface area contributed by atoms with Crippen LogP contribution in [0.25, 0.3) is 20.8 Å². The van der Waals surface area contributed by atoms with Crippen molar-refractivity contribution in [3.8, 4) is 10.6 Å². The van der Waals surface area contributed by atoms with Crippen molar-refractivity contribution in [2.24, 2.45) is 0 Å². The van der Waals surface area contributed by atoms with E-state index >= 15 is 0 Å². The van der Waals surface area contributed by atoms with E-state index in [0.717, 1.165) is 25.7 Å². The van der Waals surface area contributed by atoms with Gasteiger partial charge in [0.05, 0.1) is 35.2 Å². The fraction of sp³-hybridized carbons (Fsp3) is 0. The van der Waals surface area contributed by atoms with Crippen molar-refractivity contribution in [1.29, 1.82) is 0 Å². The van der Waals surface area contributed by atoms with Crippen molar-refractivity contribution in [2.45, 2.75) is 9.79 Å². The number of carbonyl (C=O) groups excluding carboxylic acids is 1. The van der Waals surface area contributed by atoms with E-state index in [1.807, 2.05) is 18.2 Å². The van der Waals surface area contributed by atoms with Crippen LogP contribution in [-0.2, 0) is 0 Å². The fourth-order valence-corrected chi connectivity index (χ4v) is 7.38. The number of nitro groups is 2. The molecule has 0 fully saturated rings. The van der Waals surface area contributed by atoms with E-state index in [2.05, 4.69) is 30.2 Å². The molecule has 7 aromatic rings. The third-order valence-corrected chi connectivity index (χ3v) is 10.8. The van der Waals surface area contributed by atoms with Gasteiger partial charge in [-0.3, -0.25) is 25.0 Å². The summed E-state index contributed by atoms with van der Waals surface area (Å²) in [6.07, 6.45) is 0.659. The van der Waals surface area contributed by atoms with Crippen molar-refractivity contribution in [1.82, 2.24) is 4.98 Å². The molecular formula is C38H45B2Cl5N4Na2O18S4. The monoisotopic (exact) mass is 1220 g/mol. The predicted octanol–water partition coefficient (Wildman–Crippen LogP) is 3.26. The molecule has 22 N–H and O–H groups in total. The summed E-state index contributed by atoms with van der Waals surface area (Å²) in [5.41, 5.74) is 8.48. The Morgan fingerprint density at radius 1 is 0.603 bits per heavy atom. The molecule has 0 saturated heterocycles. The maximum atomic E-state index is 10.3. The second-order valence-electron chi connectivity index (χ2n) is 11.7. The molecule has 0 saturated carbocycles. The number of nitro benzene ring substituents is 2. The Labute approximate surface area is 489 Å². The molecule has 1 aromatic heterocycles. The number of nitrogens with zero attached hydrogens (tertiary/aromatic N) is 3. The Morgan fingerprint density at radius 2 is 0.986 bits per heavy atom. The van der Waals surface area contributed by atoms with Gasteiger partial charge >= 0.3 is 69.2 Å². The first-order valence-electron chi connectivity index (χ1n) is 18.1. The number of nitrogens with two attached hydrogens (primary N) is 1. The number of hydrogen-bond acceptors (Lipinski definition) is 17. The van der Waals surface area contributed by atoms with E-state index in [-0.39, 0.29) is 82.0 Å². The number of thiazole rings is 1. The second kappa shape index (κ2) is 45.8. The summed E-state index contributed by atoms with van der Waals surface area (Å²) in [4.78, 5) is 35.2. The second-order valence-corrected chi connectivity index (χ2v) is 15.9. The van der Waals surface area contributed by atoms with Gasteiger partial charge in [0.1, 0.15) is 31.9 Å². The molecule has 0 amide bonds. The molecule has 7 rings (SSSR count).